The first kappa shape index (κ1) is 43.9. The van der Waals surface area contributed by atoms with E-state index in [0.29, 0.717) is 12.5 Å². The van der Waals surface area contributed by atoms with Crippen LogP contribution in [0.4, 0.5) is 79.0 Å². The fourth-order valence-electron chi connectivity index (χ4n) is 3.53. The molecule has 0 aliphatic heterocycles. The average Bonchev–Trinajstić information content (AvgIpc) is 2.93. The van der Waals surface area contributed by atoms with Crippen LogP contribution in [0.1, 0.15) is 38.2 Å². The van der Waals surface area contributed by atoms with E-state index in [1.54, 1.807) is 0 Å². The Morgan fingerprint density at radius 3 is 1.35 bits per heavy atom. The van der Waals surface area contributed by atoms with E-state index in [-0.39, 0.29) is 5.75 Å². The van der Waals surface area contributed by atoms with Gasteiger partial charge in [0.05, 0.1) is 19.8 Å². The molecule has 0 aromatic heterocycles. The average molecular weight is 758 g/mol. The van der Waals surface area contributed by atoms with E-state index in [0.717, 1.165) is 6.08 Å². The molecule has 284 valence electrons. The third kappa shape index (κ3) is 10.2. The Hall–Kier alpha value is -3.11. The Balaban J connectivity index is 3.11. The zero-order chi connectivity index (χ0) is 38.5. The molecular weight excluding hydrogens is 734 g/mol. The second-order valence-corrected chi connectivity index (χ2v) is 10.2. The van der Waals surface area contributed by atoms with Gasteiger partial charge in [0.2, 0.25) is 0 Å². The van der Waals surface area contributed by atoms with Crippen LogP contribution in [0, 0.1) is 0 Å². The number of carboxylic acids is 1. The molecule has 0 aliphatic rings. The first-order valence-corrected chi connectivity index (χ1v) is 13.1. The molecule has 0 aliphatic carbocycles. The molecule has 0 radical (unpaired) electrons. The van der Waals surface area contributed by atoms with Gasteiger partial charge in [0.25, 0.3) is 0 Å². The van der Waals surface area contributed by atoms with Gasteiger partial charge < -0.3 is 19.3 Å². The van der Waals surface area contributed by atoms with Gasteiger partial charge in [-0.3, -0.25) is 0 Å². The van der Waals surface area contributed by atoms with Crippen molar-refractivity contribution >= 4 is 12.0 Å². The highest BCUT2D eigenvalue weighted by Crippen LogP contribution is 2.55. The second-order valence-electron chi connectivity index (χ2n) is 10.2. The van der Waals surface area contributed by atoms with Gasteiger partial charge >= 0.3 is 53.9 Å². The molecule has 23 heteroatoms. The molecule has 0 amide bonds. The van der Waals surface area contributed by atoms with Crippen molar-refractivity contribution in [1.82, 2.24) is 0 Å². The lowest BCUT2D eigenvalue weighted by Crippen LogP contribution is -2.61. The van der Waals surface area contributed by atoms with Crippen LogP contribution in [0.3, 0.4) is 0 Å². The maximum atomic E-state index is 13.9. The first-order valence-electron chi connectivity index (χ1n) is 13.1. The number of carboxylic acid groups (broad SMARTS) is 1. The summed E-state index contributed by atoms with van der Waals surface area (Å²) < 4.78 is 251. The highest BCUT2D eigenvalue weighted by Gasteiger charge is 2.82. The minimum absolute atomic E-state index is 0.0657. The molecule has 49 heavy (non-hydrogen) atoms. The van der Waals surface area contributed by atoms with Gasteiger partial charge in [-0.25, -0.2) is 4.79 Å². The van der Waals surface area contributed by atoms with E-state index in [1.807, 2.05) is 0 Å². The maximum Gasteiger partial charge on any atom is 0.460 e. The van der Waals surface area contributed by atoms with Crippen LogP contribution in [-0.4, -0.2) is 84.6 Å². The summed E-state index contributed by atoms with van der Waals surface area (Å²) in [6.45, 7) is -3.71. The summed E-state index contributed by atoms with van der Waals surface area (Å²) in [5.41, 5.74) is 0.370. The molecule has 1 rings (SSSR count). The van der Waals surface area contributed by atoms with Crippen molar-refractivity contribution in [2.24, 2.45) is 0 Å². The summed E-state index contributed by atoms with van der Waals surface area (Å²) in [6.07, 6.45) is -18.9. The summed E-state index contributed by atoms with van der Waals surface area (Å²) in [4.78, 5) is 10.5. The van der Waals surface area contributed by atoms with Gasteiger partial charge in [-0.2, -0.15) is 79.0 Å². The summed E-state index contributed by atoms with van der Waals surface area (Å²) >= 11 is 0. The number of halogens is 18. The highest BCUT2D eigenvalue weighted by atomic mass is 19.4. The van der Waals surface area contributed by atoms with E-state index >= 15 is 0 Å². The Morgan fingerprint density at radius 2 is 1.00 bits per heavy atom. The van der Waals surface area contributed by atoms with Gasteiger partial charge in [-0.05, 0) is 37.1 Å². The normalized spacial score (nSPS) is 14.8. The molecule has 0 fully saturated rings. The summed E-state index contributed by atoms with van der Waals surface area (Å²) in [5.74, 6) is -45.0. The van der Waals surface area contributed by atoms with Crippen LogP contribution < -0.4 is 4.74 Å². The van der Waals surface area contributed by atoms with Crippen molar-refractivity contribution in [2.45, 2.75) is 86.3 Å². The Bertz CT molecular complexity index is 1200. The van der Waals surface area contributed by atoms with Crippen molar-refractivity contribution in [3.8, 4) is 5.75 Å². The molecule has 0 unspecified atom stereocenters. The number of hydrogen-bond acceptors (Lipinski definition) is 4. The fourth-order valence-corrected chi connectivity index (χ4v) is 3.53. The number of aliphatic carboxylic acids is 1. The predicted molar refractivity (Wildman–Crippen MR) is 129 cm³/mol. The van der Waals surface area contributed by atoms with Crippen LogP contribution in [0.25, 0.3) is 6.08 Å². The Labute approximate surface area is 263 Å². The first-order chi connectivity index (χ1) is 21.8. The SMILES string of the molecule is CC(CCCOc1ccc(/C=C/C(=O)O)cc1)(OCCC(F)(F)C(F)(F)C(F)(F)C(F)(F)F)OCCC(F)(F)C(F)(F)C(F)(F)C(F)(F)F. The van der Waals surface area contributed by atoms with Crippen LogP contribution in [-0.2, 0) is 14.3 Å². The Kier molecular flexibility index (Phi) is 13.5. The summed E-state index contributed by atoms with van der Waals surface area (Å²) in [6, 6.07) is 5.26. The van der Waals surface area contributed by atoms with Crippen molar-refractivity contribution in [2.75, 3.05) is 19.8 Å². The van der Waals surface area contributed by atoms with Crippen molar-refractivity contribution in [3.05, 3.63) is 35.9 Å². The van der Waals surface area contributed by atoms with Gasteiger partial charge in [0.1, 0.15) is 5.75 Å². The third-order valence-corrected chi connectivity index (χ3v) is 6.41. The van der Waals surface area contributed by atoms with E-state index in [1.165, 1.54) is 30.3 Å². The molecular formula is C26H24F18O5. The smallest absolute Gasteiger partial charge is 0.460 e. The monoisotopic (exact) mass is 758 g/mol. The van der Waals surface area contributed by atoms with E-state index in [9.17, 15) is 83.8 Å². The maximum absolute atomic E-state index is 13.9. The van der Waals surface area contributed by atoms with Crippen LogP contribution in [0.5, 0.6) is 5.75 Å². The van der Waals surface area contributed by atoms with Gasteiger partial charge in [0, 0.05) is 25.3 Å². The van der Waals surface area contributed by atoms with Crippen molar-refractivity contribution in [3.63, 3.8) is 0 Å². The number of carbonyl (C=O) groups is 1. The zero-order valence-corrected chi connectivity index (χ0v) is 24.3. The van der Waals surface area contributed by atoms with E-state index < -0.39 is 105 Å². The highest BCUT2D eigenvalue weighted by molar-refractivity contribution is 5.85. The lowest BCUT2D eigenvalue weighted by atomic mass is 10.0. The standard InChI is InChI=1S/C26H24F18O5/c1-18(9-2-12-47-16-6-3-15(4-7-16)5-8-17(45)46,48-13-10-19(27,28)21(31,32)23(35,36)25(39,40)41)49-14-11-20(29,30)22(33,34)24(37,38)26(42,43)44/h3-8H,2,9-14H2,1H3,(H,45,46)/b8-5+. The quantitative estimate of drug-likeness (QED) is 0.0660. The molecule has 0 atom stereocenters. The minimum atomic E-state index is -7.28. The number of rotatable bonds is 19. The summed E-state index contributed by atoms with van der Waals surface area (Å²) in [7, 11) is 0. The molecule has 1 N–H and O–H groups in total. The van der Waals surface area contributed by atoms with Gasteiger partial charge in [0.15, 0.2) is 5.79 Å². The third-order valence-electron chi connectivity index (χ3n) is 6.41. The molecule has 0 heterocycles. The topological polar surface area (TPSA) is 65.0 Å². The molecule has 0 saturated carbocycles. The molecule has 0 bridgehead atoms. The molecule has 0 spiro atoms. The minimum Gasteiger partial charge on any atom is -0.494 e. The molecule has 0 saturated heterocycles. The zero-order valence-electron chi connectivity index (χ0n) is 24.3. The van der Waals surface area contributed by atoms with Crippen molar-refractivity contribution < 1.29 is 103 Å². The largest absolute Gasteiger partial charge is 0.494 e. The van der Waals surface area contributed by atoms with Gasteiger partial charge in [-0.1, -0.05) is 12.1 Å². The van der Waals surface area contributed by atoms with E-state index in [4.69, 9.17) is 9.84 Å². The second kappa shape index (κ2) is 15.0. The lowest BCUT2D eigenvalue weighted by Gasteiger charge is -2.36. The van der Waals surface area contributed by atoms with Crippen molar-refractivity contribution in [1.29, 1.82) is 0 Å². The number of ether oxygens (including phenoxy) is 3. The molecule has 1 aromatic rings. The summed E-state index contributed by atoms with van der Waals surface area (Å²) in [5, 5.41) is 8.60. The van der Waals surface area contributed by atoms with E-state index in [2.05, 4.69) is 9.47 Å². The number of hydrogen-bond donors (Lipinski definition) is 1. The molecule has 5 nitrogen and oxygen atoms in total. The fraction of sp³-hybridized carbons (Fsp3) is 0.654. The van der Waals surface area contributed by atoms with Crippen LogP contribution >= 0.6 is 0 Å². The lowest BCUT2D eigenvalue weighted by molar-refractivity contribution is -0.399. The Morgan fingerprint density at radius 1 is 0.612 bits per heavy atom. The van der Waals surface area contributed by atoms with Gasteiger partial charge in [-0.15, -0.1) is 0 Å². The predicted octanol–water partition coefficient (Wildman–Crippen LogP) is 9.41. The van der Waals surface area contributed by atoms with Crippen LogP contribution in [0.15, 0.2) is 30.3 Å². The molecule has 1 aromatic carbocycles. The number of alkyl halides is 18. The van der Waals surface area contributed by atoms with Crippen LogP contribution in [0.2, 0.25) is 0 Å². The number of benzene rings is 1.